The van der Waals surface area contributed by atoms with Gasteiger partial charge in [0.15, 0.2) is 6.10 Å². The zero-order chi connectivity index (χ0) is 39.5. The topological polar surface area (TPSA) is 157 Å². The van der Waals surface area contributed by atoms with E-state index in [1.807, 2.05) is 53.6 Å². The molecule has 2 fully saturated rings. The van der Waals surface area contributed by atoms with E-state index >= 15 is 0 Å². The first-order valence-corrected chi connectivity index (χ1v) is 19.4. The number of aromatic amines is 2. The molecule has 0 saturated carbocycles. The van der Waals surface area contributed by atoms with Crippen molar-refractivity contribution >= 4 is 29.5 Å². The molecule has 2 aromatic heterocycles. The summed E-state index contributed by atoms with van der Waals surface area (Å²) in [6.45, 7) is 1.13. The maximum atomic E-state index is 13.8. The number of carbonyl (C=O) groups is 3. The van der Waals surface area contributed by atoms with E-state index in [0.29, 0.717) is 35.9 Å². The smallest absolute Gasteiger partial charge is 0.405 e. The van der Waals surface area contributed by atoms with E-state index in [1.54, 1.807) is 42.5 Å². The molecule has 0 spiro atoms. The zero-order valence-electron chi connectivity index (χ0n) is 31.3. The number of amides is 3. The highest BCUT2D eigenvalue weighted by Crippen LogP contribution is 2.37. The van der Waals surface area contributed by atoms with E-state index < -0.39 is 18.2 Å². The van der Waals surface area contributed by atoms with Gasteiger partial charge in [-0.2, -0.15) is 0 Å². The highest BCUT2D eigenvalue weighted by molar-refractivity contribution is 6.31. The van der Waals surface area contributed by atoms with Gasteiger partial charge in [0.05, 0.1) is 35.9 Å². The molecule has 6 aromatic rings. The van der Waals surface area contributed by atoms with E-state index in [1.165, 1.54) is 0 Å². The molecule has 290 valence electrons. The number of likely N-dealkylation sites (tertiary alicyclic amines) is 2. The number of methoxy groups -OCH3 is 1. The van der Waals surface area contributed by atoms with Crippen LogP contribution in [0.2, 0.25) is 5.02 Å². The number of halogens is 1. The van der Waals surface area contributed by atoms with E-state index in [2.05, 4.69) is 56.7 Å². The van der Waals surface area contributed by atoms with Crippen molar-refractivity contribution in [2.45, 2.75) is 49.9 Å². The Morgan fingerprint density at radius 2 is 1.21 bits per heavy atom. The summed E-state index contributed by atoms with van der Waals surface area (Å²) in [6, 6.07) is 31.2. The predicted octanol–water partition coefficient (Wildman–Crippen LogP) is 8.51. The minimum absolute atomic E-state index is 0.0597. The Bertz CT molecular complexity index is 2360. The van der Waals surface area contributed by atoms with Crippen LogP contribution >= 0.6 is 11.6 Å². The second-order valence-electron chi connectivity index (χ2n) is 14.3. The van der Waals surface area contributed by atoms with Gasteiger partial charge in [-0.05, 0) is 59.6 Å². The Morgan fingerprint density at radius 3 is 1.72 bits per heavy atom. The molecule has 8 rings (SSSR count). The van der Waals surface area contributed by atoms with Crippen LogP contribution in [0.4, 0.5) is 4.79 Å². The summed E-state index contributed by atoms with van der Waals surface area (Å²) in [5.74, 6) is 0.977. The molecule has 0 aliphatic carbocycles. The monoisotopic (exact) mass is 783 g/mol. The SMILES string of the molecule is CO[C@@H](C(=O)N1CCC[C@H]1c1ncc(-c2ccc(-c3ccc(-c4cnc([C@@H]5CCCN5C(=O)[C@H](NC(=O)O)c5ccccc5Cl)[nH]4)cc3)cc2)[nH]1)c1ccccc1. The second kappa shape index (κ2) is 16.5. The third kappa shape index (κ3) is 7.78. The van der Waals surface area contributed by atoms with Crippen molar-refractivity contribution in [1.29, 1.82) is 0 Å². The first-order chi connectivity index (χ1) is 27.8. The second-order valence-corrected chi connectivity index (χ2v) is 14.7. The first-order valence-electron chi connectivity index (χ1n) is 19.0. The predicted molar refractivity (Wildman–Crippen MR) is 216 cm³/mol. The summed E-state index contributed by atoms with van der Waals surface area (Å²) < 4.78 is 5.65. The number of nitrogens with one attached hydrogen (secondary N) is 3. The van der Waals surface area contributed by atoms with Gasteiger partial charge in [0, 0.05) is 30.8 Å². The number of rotatable bonds is 11. The zero-order valence-corrected chi connectivity index (χ0v) is 32.0. The Kier molecular flexibility index (Phi) is 10.9. The standard InChI is InChI=1S/C44H42ClN7O5/c1-57-39(31-9-3-2-4-10-31)43(54)52-24-8-14-37(52)41-47-26-35(49-41)30-21-17-28(18-22-30)27-15-19-29(20-16-27)34-25-46-40(48-34)36-13-7-23-51(36)42(53)38(50-44(55)56)32-11-5-6-12-33(32)45/h2-6,9-12,15-22,25-26,36-39,50H,7-8,13-14,23-24H2,1H3,(H,46,48)(H,47,49)(H,55,56)/t36-,37-,38+,39+/m0/s1. The molecule has 3 amide bonds. The molecule has 13 heteroatoms. The van der Waals surface area contributed by atoms with E-state index in [0.717, 1.165) is 64.3 Å². The van der Waals surface area contributed by atoms with Crippen LogP contribution in [0, 0.1) is 0 Å². The minimum atomic E-state index is -1.31. The van der Waals surface area contributed by atoms with Crippen LogP contribution < -0.4 is 5.32 Å². The van der Waals surface area contributed by atoms with Gasteiger partial charge in [0.1, 0.15) is 17.7 Å². The fourth-order valence-electron chi connectivity index (χ4n) is 8.05. The van der Waals surface area contributed by atoms with Crippen LogP contribution in [0.25, 0.3) is 33.6 Å². The number of hydrogen-bond acceptors (Lipinski definition) is 6. The molecule has 0 bridgehead atoms. The van der Waals surface area contributed by atoms with Gasteiger partial charge in [-0.3, -0.25) is 9.59 Å². The summed E-state index contributed by atoms with van der Waals surface area (Å²) in [5, 5.41) is 12.2. The Balaban J connectivity index is 0.930. The Morgan fingerprint density at radius 1 is 0.719 bits per heavy atom. The number of benzene rings is 4. The summed E-state index contributed by atoms with van der Waals surface area (Å²) in [7, 11) is 1.57. The molecule has 0 radical (unpaired) electrons. The molecule has 4 heterocycles. The molecule has 0 unspecified atom stereocenters. The lowest BCUT2D eigenvalue weighted by Crippen LogP contribution is -2.42. The molecular weight excluding hydrogens is 742 g/mol. The third-order valence-corrected chi connectivity index (χ3v) is 11.3. The van der Waals surface area contributed by atoms with Crippen molar-refractivity contribution in [3.8, 4) is 33.6 Å². The normalized spacial score (nSPS) is 17.7. The molecule has 4 aromatic carbocycles. The van der Waals surface area contributed by atoms with Gasteiger partial charge in [0.2, 0.25) is 0 Å². The molecule has 2 saturated heterocycles. The lowest BCUT2D eigenvalue weighted by Gasteiger charge is -2.28. The molecule has 2 aliphatic heterocycles. The summed E-state index contributed by atoms with van der Waals surface area (Å²) in [6.07, 6.45) is 4.80. The number of carboxylic acid groups (broad SMARTS) is 1. The van der Waals surface area contributed by atoms with Crippen molar-refractivity contribution < 1.29 is 24.2 Å². The summed E-state index contributed by atoms with van der Waals surface area (Å²) in [5.41, 5.74) is 6.97. The van der Waals surface area contributed by atoms with E-state index in [4.69, 9.17) is 21.3 Å². The van der Waals surface area contributed by atoms with Crippen LogP contribution in [0.1, 0.15) is 72.7 Å². The Hall–Kier alpha value is -6.24. The Labute approximate surface area is 334 Å². The molecule has 4 atom stereocenters. The number of carbonyl (C=O) groups excluding carboxylic acids is 2. The molecule has 4 N–H and O–H groups in total. The van der Waals surface area contributed by atoms with Gasteiger partial charge < -0.3 is 34.9 Å². The highest BCUT2D eigenvalue weighted by Gasteiger charge is 2.38. The minimum Gasteiger partial charge on any atom is -0.465 e. The van der Waals surface area contributed by atoms with Crippen molar-refractivity contribution in [2.24, 2.45) is 0 Å². The van der Waals surface area contributed by atoms with Crippen LogP contribution in [-0.4, -0.2) is 72.9 Å². The number of ether oxygens (including phenoxy) is 1. The lowest BCUT2D eigenvalue weighted by molar-refractivity contribution is -0.143. The fourth-order valence-corrected chi connectivity index (χ4v) is 8.29. The van der Waals surface area contributed by atoms with E-state index in [9.17, 15) is 19.5 Å². The number of aromatic nitrogens is 4. The number of nitrogens with zero attached hydrogens (tertiary/aromatic N) is 4. The van der Waals surface area contributed by atoms with Crippen LogP contribution in [-0.2, 0) is 14.3 Å². The maximum absolute atomic E-state index is 13.8. The van der Waals surface area contributed by atoms with Crippen LogP contribution in [0.5, 0.6) is 0 Å². The molecule has 57 heavy (non-hydrogen) atoms. The average Bonchev–Trinajstić information content (AvgIpc) is 4.08. The van der Waals surface area contributed by atoms with Gasteiger partial charge >= 0.3 is 6.09 Å². The third-order valence-electron chi connectivity index (χ3n) is 10.9. The molecule has 12 nitrogen and oxygen atoms in total. The van der Waals surface area contributed by atoms with Gasteiger partial charge in [-0.1, -0.05) is 109 Å². The van der Waals surface area contributed by atoms with Crippen molar-refractivity contribution in [3.05, 3.63) is 143 Å². The average molecular weight is 784 g/mol. The quantitative estimate of drug-likeness (QED) is 0.103. The number of H-pyrrole nitrogens is 2. The highest BCUT2D eigenvalue weighted by atomic mass is 35.5. The summed E-state index contributed by atoms with van der Waals surface area (Å²) in [4.78, 5) is 58.9. The van der Waals surface area contributed by atoms with Crippen molar-refractivity contribution in [3.63, 3.8) is 0 Å². The largest absolute Gasteiger partial charge is 0.465 e. The van der Waals surface area contributed by atoms with Gasteiger partial charge in [-0.15, -0.1) is 0 Å². The van der Waals surface area contributed by atoms with Crippen LogP contribution in [0.3, 0.4) is 0 Å². The van der Waals surface area contributed by atoms with Crippen LogP contribution in [0.15, 0.2) is 116 Å². The van der Waals surface area contributed by atoms with Crippen molar-refractivity contribution in [2.75, 3.05) is 20.2 Å². The summed E-state index contributed by atoms with van der Waals surface area (Å²) >= 11 is 6.38. The van der Waals surface area contributed by atoms with Crippen molar-refractivity contribution in [1.82, 2.24) is 35.1 Å². The number of imidazole rings is 2. The molecule has 2 aliphatic rings. The van der Waals surface area contributed by atoms with E-state index in [-0.39, 0.29) is 23.9 Å². The maximum Gasteiger partial charge on any atom is 0.405 e. The first kappa shape index (κ1) is 37.7. The van der Waals surface area contributed by atoms with Gasteiger partial charge in [0.25, 0.3) is 11.8 Å². The molecular formula is C44H42ClN7O5. The fraction of sp³-hybridized carbons (Fsp3) is 0.250. The number of hydrogen-bond donors (Lipinski definition) is 4. The van der Waals surface area contributed by atoms with Gasteiger partial charge in [-0.25, -0.2) is 14.8 Å². The lowest BCUT2D eigenvalue weighted by atomic mass is 10.0.